The number of hydrogen-bond donors (Lipinski definition) is 5. The Balaban J connectivity index is 1.77. The van der Waals surface area contributed by atoms with Gasteiger partial charge in [0.25, 0.3) is 0 Å². The Labute approximate surface area is 193 Å². The molecule has 4 atom stereocenters. The summed E-state index contributed by atoms with van der Waals surface area (Å²) in [5, 5.41) is 3.66. The van der Waals surface area contributed by atoms with Crippen LogP contribution < -0.4 is 16.8 Å². The molecule has 1 aromatic heterocycles. The molecule has 2 aromatic carbocycles. The van der Waals surface area contributed by atoms with E-state index in [4.69, 9.17) is 11.5 Å². The number of aryl methyl sites for hydroxylation is 1. The molecule has 7 N–H and O–H groups in total. The van der Waals surface area contributed by atoms with Crippen LogP contribution in [0.25, 0.3) is 10.9 Å². The minimum atomic E-state index is -3.76. The molecule has 0 bridgehead atoms. The fourth-order valence-electron chi connectivity index (χ4n) is 3.81. The number of H-pyrrole nitrogens is 1. The number of nitrogens with one attached hydrogen (secondary N) is 2. The number of para-hydroxylation sites is 1. The number of nitrogens with two attached hydrogens (primary N) is 2. The highest BCUT2D eigenvalue weighted by molar-refractivity contribution is 7.58. The lowest BCUT2D eigenvalue weighted by Gasteiger charge is -2.24. The highest BCUT2D eigenvalue weighted by atomic mass is 31.2. The number of hydrogen-bond acceptors (Lipinski definition) is 4. The normalized spacial score (nSPS) is 16.0. The SMILES string of the molecule is CC(N)P(=O)(O)CC(CCc1ccccc1)C(=O)NC(Cc1c[nH]c2ccccc12)C(N)=O. The molecule has 0 saturated carbocycles. The molecule has 0 aliphatic carbocycles. The maximum atomic E-state index is 13.2. The summed E-state index contributed by atoms with van der Waals surface area (Å²) >= 11 is 0. The molecule has 1 heterocycles. The molecule has 4 unspecified atom stereocenters. The number of amides is 2. The predicted molar refractivity (Wildman–Crippen MR) is 130 cm³/mol. The van der Waals surface area contributed by atoms with E-state index in [1.54, 1.807) is 6.20 Å². The van der Waals surface area contributed by atoms with Crippen molar-refractivity contribution < 1.29 is 19.0 Å². The maximum Gasteiger partial charge on any atom is 0.240 e. The molecule has 9 heteroatoms. The van der Waals surface area contributed by atoms with Gasteiger partial charge in [-0.2, -0.15) is 0 Å². The predicted octanol–water partition coefficient (Wildman–Crippen LogP) is 2.50. The van der Waals surface area contributed by atoms with Crippen LogP contribution in [0.4, 0.5) is 0 Å². The summed E-state index contributed by atoms with van der Waals surface area (Å²) in [5.41, 5.74) is 14.1. The monoisotopic (exact) mass is 470 g/mol. The van der Waals surface area contributed by atoms with Gasteiger partial charge in [0.15, 0.2) is 0 Å². The van der Waals surface area contributed by atoms with E-state index < -0.39 is 36.9 Å². The lowest BCUT2D eigenvalue weighted by molar-refractivity contribution is -0.129. The van der Waals surface area contributed by atoms with Gasteiger partial charge in [0, 0.05) is 35.6 Å². The Kier molecular flexibility index (Phi) is 8.08. The molecule has 33 heavy (non-hydrogen) atoms. The van der Waals surface area contributed by atoms with Crippen molar-refractivity contribution in [2.75, 3.05) is 6.16 Å². The van der Waals surface area contributed by atoms with Crippen molar-refractivity contribution >= 4 is 30.1 Å². The van der Waals surface area contributed by atoms with E-state index in [1.807, 2.05) is 54.6 Å². The molecular formula is C24H31N4O4P. The van der Waals surface area contributed by atoms with E-state index >= 15 is 0 Å². The summed E-state index contributed by atoms with van der Waals surface area (Å²) in [6.07, 6.45) is 2.62. The van der Waals surface area contributed by atoms with E-state index in [0.717, 1.165) is 22.0 Å². The molecule has 0 fully saturated rings. The second kappa shape index (κ2) is 10.8. The lowest BCUT2D eigenvalue weighted by Crippen LogP contribution is -2.48. The smallest absolute Gasteiger partial charge is 0.240 e. The average Bonchev–Trinajstić information content (AvgIpc) is 3.19. The number of aromatic amines is 1. The third kappa shape index (κ3) is 6.54. The van der Waals surface area contributed by atoms with Crippen LogP contribution in [0.5, 0.6) is 0 Å². The number of carbonyl (C=O) groups is 2. The Hall–Kier alpha value is -2.93. The molecule has 8 nitrogen and oxygen atoms in total. The van der Waals surface area contributed by atoms with Gasteiger partial charge in [0.2, 0.25) is 19.2 Å². The number of benzene rings is 2. The molecule has 0 saturated heterocycles. The summed E-state index contributed by atoms with van der Waals surface area (Å²) in [6, 6.07) is 16.2. The molecule has 3 rings (SSSR count). The van der Waals surface area contributed by atoms with Gasteiger partial charge in [-0.25, -0.2) is 0 Å². The first-order valence-electron chi connectivity index (χ1n) is 10.9. The maximum absolute atomic E-state index is 13.2. The first kappa shape index (κ1) is 24.7. The minimum Gasteiger partial charge on any atom is -0.368 e. The van der Waals surface area contributed by atoms with Crippen molar-refractivity contribution in [1.29, 1.82) is 0 Å². The summed E-state index contributed by atoms with van der Waals surface area (Å²) in [5.74, 6) is -2.90. The molecule has 0 radical (unpaired) electrons. The Bertz CT molecular complexity index is 1150. The van der Waals surface area contributed by atoms with Gasteiger partial charge < -0.3 is 26.7 Å². The van der Waals surface area contributed by atoms with Crippen LogP contribution in [-0.4, -0.2) is 39.7 Å². The first-order valence-corrected chi connectivity index (χ1v) is 12.8. The van der Waals surface area contributed by atoms with E-state index in [0.29, 0.717) is 12.8 Å². The van der Waals surface area contributed by atoms with Crippen molar-refractivity contribution in [1.82, 2.24) is 10.3 Å². The Morgan fingerprint density at radius 2 is 1.79 bits per heavy atom. The summed E-state index contributed by atoms with van der Waals surface area (Å²) in [7, 11) is -3.76. The number of rotatable bonds is 11. The van der Waals surface area contributed by atoms with Crippen LogP contribution in [0, 0.1) is 5.92 Å². The largest absolute Gasteiger partial charge is 0.368 e. The van der Waals surface area contributed by atoms with Crippen molar-refractivity contribution in [3.8, 4) is 0 Å². The van der Waals surface area contributed by atoms with Gasteiger partial charge in [0.05, 0.1) is 5.78 Å². The average molecular weight is 471 g/mol. The number of primary amides is 1. The topological polar surface area (TPSA) is 151 Å². The molecule has 0 aliphatic heterocycles. The van der Waals surface area contributed by atoms with E-state index in [2.05, 4.69) is 10.3 Å². The van der Waals surface area contributed by atoms with Crippen LogP contribution in [-0.2, 0) is 27.0 Å². The third-order valence-electron chi connectivity index (χ3n) is 5.87. The highest BCUT2D eigenvalue weighted by Crippen LogP contribution is 2.46. The fraction of sp³-hybridized carbons (Fsp3) is 0.333. The highest BCUT2D eigenvalue weighted by Gasteiger charge is 2.33. The van der Waals surface area contributed by atoms with Crippen molar-refractivity contribution in [2.24, 2.45) is 17.4 Å². The van der Waals surface area contributed by atoms with Crippen LogP contribution in [0.15, 0.2) is 60.8 Å². The van der Waals surface area contributed by atoms with Crippen molar-refractivity contribution in [3.63, 3.8) is 0 Å². The van der Waals surface area contributed by atoms with E-state index in [1.165, 1.54) is 6.92 Å². The van der Waals surface area contributed by atoms with Gasteiger partial charge in [-0.1, -0.05) is 48.5 Å². The molecule has 2 amide bonds. The first-order chi connectivity index (χ1) is 15.7. The summed E-state index contributed by atoms with van der Waals surface area (Å²) < 4.78 is 12.6. The molecular weight excluding hydrogens is 439 g/mol. The number of aromatic nitrogens is 1. The van der Waals surface area contributed by atoms with Gasteiger partial charge >= 0.3 is 0 Å². The third-order valence-corrected chi connectivity index (χ3v) is 8.11. The number of fused-ring (bicyclic) bond motifs is 1. The van der Waals surface area contributed by atoms with Gasteiger partial charge in [-0.15, -0.1) is 0 Å². The molecule has 0 spiro atoms. The minimum absolute atomic E-state index is 0.209. The van der Waals surface area contributed by atoms with E-state index in [9.17, 15) is 19.0 Å². The zero-order valence-electron chi connectivity index (χ0n) is 18.6. The van der Waals surface area contributed by atoms with Gasteiger partial charge in [0.1, 0.15) is 6.04 Å². The molecule has 3 aromatic rings. The summed E-state index contributed by atoms with van der Waals surface area (Å²) in [6.45, 7) is 1.45. The quantitative estimate of drug-likeness (QED) is 0.273. The number of carbonyl (C=O) groups excluding carboxylic acids is 2. The standard InChI is InChI=1S/C24H31N4O4P/c1-16(25)33(31,32)15-18(12-11-17-7-3-2-4-8-17)24(30)28-22(23(26)29)13-19-14-27-21-10-6-5-9-20(19)21/h2-10,14,16,18,22,27H,11-13,15,25H2,1H3,(H2,26,29)(H,28,30)(H,31,32). The lowest BCUT2D eigenvalue weighted by atomic mass is 9.98. The fourth-order valence-corrected chi connectivity index (χ4v) is 5.12. The van der Waals surface area contributed by atoms with Gasteiger partial charge in [-0.05, 0) is 37.0 Å². The molecule has 176 valence electrons. The second-order valence-electron chi connectivity index (χ2n) is 8.43. The van der Waals surface area contributed by atoms with Crippen molar-refractivity contribution in [2.45, 2.75) is 38.0 Å². The van der Waals surface area contributed by atoms with Crippen LogP contribution in [0.2, 0.25) is 0 Å². The summed E-state index contributed by atoms with van der Waals surface area (Å²) in [4.78, 5) is 38.8. The molecule has 0 aliphatic rings. The van der Waals surface area contributed by atoms with Crippen LogP contribution in [0.1, 0.15) is 24.5 Å². The van der Waals surface area contributed by atoms with Gasteiger partial charge in [-0.3, -0.25) is 14.2 Å². The van der Waals surface area contributed by atoms with E-state index in [-0.39, 0.29) is 12.6 Å². The van der Waals surface area contributed by atoms with Crippen LogP contribution in [0.3, 0.4) is 0 Å². The zero-order valence-corrected chi connectivity index (χ0v) is 19.5. The second-order valence-corrected chi connectivity index (χ2v) is 11.1. The zero-order chi connectivity index (χ0) is 24.0. The van der Waals surface area contributed by atoms with Crippen LogP contribution >= 0.6 is 7.37 Å². The van der Waals surface area contributed by atoms with Crippen molar-refractivity contribution in [3.05, 3.63) is 71.9 Å². The Morgan fingerprint density at radius 1 is 1.12 bits per heavy atom. The Morgan fingerprint density at radius 3 is 2.45 bits per heavy atom.